The highest BCUT2D eigenvalue weighted by Crippen LogP contribution is 2.37. The van der Waals surface area contributed by atoms with E-state index in [1.807, 2.05) is 12.1 Å². The van der Waals surface area contributed by atoms with E-state index in [2.05, 4.69) is 37.0 Å². The summed E-state index contributed by atoms with van der Waals surface area (Å²) in [5, 5.41) is 0. The molecule has 2 aromatic rings. The van der Waals surface area contributed by atoms with Crippen molar-refractivity contribution in [1.29, 1.82) is 0 Å². The number of nitrogens with zero attached hydrogens (tertiary/aromatic N) is 2. The lowest BCUT2D eigenvalue weighted by atomic mass is 10.2. The van der Waals surface area contributed by atoms with Crippen molar-refractivity contribution in [1.82, 2.24) is 9.55 Å². The topological polar surface area (TPSA) is 55.9 Å². The number of aromatic nitrogens is 2. The van der Waals surface area contributed by atoms with Crippen molar-refractivity contribution in [2.75, 3.05) is 5.43 Å². The van der Waals surface area contributed by atoms with Crippen LogP contribution in [-0.2, 0) is 0 Å². The van der Waals surface area contributed by atoms with Gasteiger partial charge in [0.2, 0.25) is 5.95 Å². The van der Waals surface area contributed by atoms with Gasteiger partial charge in [0.15, 0.2) is 0 Å². The van der Waals surface area contributed by atoms with Crippen molar-refractivity contribution in [3.05, 3.63) is 22.7 Å². The van der Waals surface area contributed by atoms with Gasteiger partial charge in [-0.15, -0.1) is 0 Å². The van der Waals surface area contributed by atoms with E-state index in [9.17, 15) is 0 Å². The van der Waals surface area contributed by atoms with E-state index >= 15 is 0 Å². The van der Waals surface area contributed by atoms with Gasteiger partial charge in [0.25, 0.3) is 0 Å². The molecule has 0 aliphatic heterocycles. The van der Waals surface area contributed by atoms with E-state index in [1.54, 1.807) is 0 Å². The lowest BCUT2D eigenvalue weighted by Crippen LogP contribution is -2.15. The lowest BCUT2D eigenvalue weighted by molar-refractivity contribution is 0.536. The number of nitrogens with two attached hydrogens (primary N) is 1. The molecule has 1 aromatic carbocycles. The number of hydrogen-bond donors (Lipinski definition) is 2. The number of imidazole rings is 1. The molecule has 1 fully saturated rings. The average molecular weight is 295 g/mol. The van der Waals surface area contributed by atoms with Gasteiger partial charge in [0.1, 0.15) is 0 Å². The molecule has 90 valence electrons. The number of hydrogen-bond acceptors (Lipinski definition) is 3. The van der Waals surface area contributed by atoms with Crippen LogP contribution in [0, 0.1) is 0 Å². The Morgan fingerprint density at radius 3 is 2.82 bits per heavy atom. The zero-order valence-electron chi connectivity index (χ0n) is 9.49. The first kappa shape index (κ1) is 11.0. The molecule has 0 radical (unpaired) electrons. The molecule has 0 atom stereocenters. The molecule has 1 aliphatic rings. The van der Waals surface area contributed by atoms with Crippen LogP contribution < -0.4 is 11.3 Å². The monoisotopic (exact) mass is 294 g/mol. The Kier molecular flexibility index (Phi) is 2.80. The summed E-state index contributed by atoms with van der Waals surface area (Å²) in [4.78, 5) is 4.53. The van der Waals surface area contributed by atoms with Crippen LogP contribution in [-0.4, -0.2) is 9.55 Å². The van der Waals surface area contributed by atoms with Gasteiger partial charge in [-0.3, -0.25) is 5.43 Å². The van der Waals surface area contributed by atoms with E-state index < -0.39 is 0 Å². The van der Waals surface area contributed by atoms with Crippen molar-refractivity contribution in [3.63, 3.8) is 0 Å². The minimum Gasteiger partial charge on any atom is -0.305 e. The third-order valence-electron chi connectivity index (χ3n) is 3.48. The molecule has 3 N–H and O–H groups in total. The average Bonchev–Trinajstić information content (AvgIpc) is 2.95. The second kappa shape index (κ2) is 4.31. The quantitative estimate of drug-likeness (QED) is 0.661. The van der Waals surface area contributed by atoms with E-state index in [0.29, 0.717) is 6.04 Å². The molecule has 1 heterocycles. The van der Waals surface area contributed by atoms with Gasteiger partial charge >= 0.3 is 0 Å². The normalized spacial score (nSPS) is 16.8. The summed E-state index contributed by atoms with van der Waals surface area (Å²) in [6.45, 7) is 0. The highest BCUT2D eigenvalue weighted by molar-refractivity contribution is 9.10. The standard InChI is InChI=1S/C12H15BrN4/c13-9-6-3-7-10-11(9)17(12(15-10)16-14)8-4-1-2-5-8/h3,6-8H,1-2,4-5,14H2,(H,15,16). The van der Waals surface area contributed by atoms with E-state index in [4.69, 9.17) is 5.84 Å². The largest absolute Gasteiger partial charge is 0.305 e. The molecule has 4 nitrogen and oxygen atoms in total. The van der Waals surface area contributed by atoms with E-state index in [0.717, 1.165) is 21.5 Å². The summed E-state index contributed by atoms with van der Waals surface area (Å²) in [7, 11) is 0. The Balaban J connectivity index is 2.24. The SMILES string of the molecule is NNc1nc2cccc(Br)c2n1C1CCCC1. The third-order valence-corrected chi connectivity index (χ3v) is 4.12. The van der Waals surface area contributed by atoms with Crippen LogP contribution in [0.4, 0.5) is 5.95 Å². The summed E-state index contributed by atoms with van der Waals surface area (Å²) in [5.41, 5.74) is 4.85. The number of anilines is 1. The summed E-state index contributed by atoms with van der Waals surface area (Å²) < 4.78 is 3.32. The molecule has 3 rings (SSSR count). The number of para-hydroxylation sites is 1. The lowest BCUT2D eigenvalue weighted by Gasteiger charge is -2.16. The van der Waals surface area contributed by atoms with Crippen LogP contribution in [0.1, 0.15) is 31.7 Å². The number of rotatable bonds is 2. The Hall–Kier alpha value is -1.07. The maximum Gasteiger partial charge on any atom is 0.218 e. The van der Waals surface area contributed by atoms with Gasteiger partial charge in [0.05, 0.1) is 11.0 Å². The molecular weight excluding hydrogens is 280 g/mol. The smallest absolute Gasteiger partial charge is 0.218 e. The molecule has 0 saturated heterocycles. The molecule has 0 spiro atoms. The number of nitrogen functional groups attached to an aromatic ring is 1. The minimum absolute atomic E-state index is 0.518. The predicted octanol–water partition coefficient (Wildman–Crippen LogP) is 3.20. The summed E-state index contributed by atoms with van der Waals surface area (Å²) in [6.07, 6.45) is 5.00. The van der Waals surface area contributed by atoms with Gasteiger partial charge in [-0.25, -0.2) is 10.8 Å². The van der Waals surface area contributed by atoms with Crippen LogP contribution in [0.15, 0.2) is 22.7 Å². The first-order chi connectivity index (χ1) is 8.31. The third kappa shape index (κ3) is 1.73. The van der Waals surface area contributed by atoms with Crippen molar-refractivity contribution in [2.24, 2.45) is 5.84 Å². The molecule has 5 heteroatoms. The van der Waals surface area contributed by atoms with Gasteiger partial charge in [-0.2, -0.15) is 0 Å². The van der Waals surface area contributed by atoms with E-state index in [-0.39, 0.29) is 0 Å². The summed E-state index contributed by atoms with van der Waals surface area (Å²) >= 11 is 3.61. The molecule has 0 unspecified atom stereocenters. The van der Waals surface area contributed by atoms with Crippen molar-refractivity contribution < 1.29 is 0 Å². The van der Waals surface area contributed by atoms with Gasteiger partial charge in [-0.1, -0.05) is 18.9 Å². The fourth-order valence-corrected chi connectivity index (χ4v) is 3.27. The predicted molar refractivity (Wildman–Crippen MR) is 72.7 cm³/mol. The number of halogens is 1. The molecule has 0 bridgehead atoms. The fraction of sp³-hybridized carbons (Fsp3) is 0.417. The second-order valence-corrected chi connectivity index (χ2v) is 5.35. The molecule has 17 heavy (non-hydrogen) atoms. The minimum atomic E-state index is 0.518. The second-order valence-electron chi connectivity index (χ2n) is 4.50. The number of nitrogens with one attached hydrogen (secondary N) is 1. The highest BCUT2D eigenvalue weighted by Gasteiger charge is 2.23. The van der Waals surface area contributed by atoms with Crippen LogP contribution in [0.3, 0.4) is 0 Å². The van der Waals surface area contributed by atoms with Gasteiger partial charge in [-0.05, 0) is 40.9 Å². The Morgan fingerprint density at radius 1 is 1.35 bits per heavy atom. The molecule has 0 amide bonds. The molecule has 1 aliphatic carbocycles. The first-order valence-corrected chi connectivity index (χ1v) is 6.73. The molecule has 1 saturated carbocycles. The number of hydrazine groups is 1. The fourth-order valence-electron chi connectivity index (χ4n) is 2.73. The van der Waals surface area contributed by atoms with Gasteiger partial charge in [0, 0.05) is 10.5 Å². The summed E-state index contributed by atoms with van der Waals surface area (Å²) in [5.74, 6) is 6.35. The maximum atomic E-state index is 5.58. The zero-order chi connectivity index (χ0) is 11.8. The zero-order valence-corrected chi connectivity index (χ0v) is 11.1. The Labute approximate surface area is 108 Å². The van der Waals surface area contributed by atoms with Crippen molar-refractivity contribution >= 4 is 32.9 Å². The summed E-state index contributed by atoms with van der Waals surface area (Å²) in [6, 6.07) is 6.59. The highest BCUT2D eigenvalue weighted by atomic mass is 79.9. The van der Waals surface area contributed by atoms with Crippen LogP contribution in [0.25, 0.3) is 11.0 Å². The van der Waals surface area contributed by atoms with E-state index in [1.165, 1.54) is 25.7 Å². The number of fused-ring (bicyclic) bond motifs is 1. The molecular formula is C12H15BrN4. The van der Waals surface area contributed by atoms with Crippen LogP contribution in [0.5, 0.6) is 0 Å². The maximum absolute atomic E-state index is 5.58. The van der Waals surface area contributed by atoms with Crippen LogP contribution >= 0.6 is 15.9 Å². The Bertz CT molecular complexity index is 543. The van der Waals surface area contributed by atoms with Crippen molar-refractivity contribution in [2.45, 2.75) is 31.7 Å². The first-order valence-electron chi connectivity index (χ1n) is 5.94. The van der Waals surface area contributed by atoms with Crippen LogP contribution in [0.2, 0.25) is 0 Å². The Morgan fingerprint density at radius 2 is 2.12 bits per heavy atom. The molecule has 1 aromatic heterocycles. The van der Waals surface area contributed by atoms with Crippen molar-refractivity contribution in [3.8, 4) is 0 Å². The number of benzene rings is 1. The van der Waals surface area contributed by atoms with Gasteiger partial charge < -0.3 is 4.57 Å².